The van der Waals surface area contributed by atoms with Crippen LogP contribution in [0.5, 0.6) is 0 Å². The highest BCUT2D eigenvalue weighted by atomic mass is 16.5. The number of hydrogen-bond donors (Lipinski definition) is 2. The zero-order valence-electron chi connectivity index (χ0n) is 11.8. The number of nitrogens with one attached hydrogen (secondary N) is 1. The maximum absolute atomic E-state index is 11.0. The molecule has 1 saturated heterocycles. The van der Waals surface area contributed by atoms with Crippen LogP contribution < -0.4 is 11.1 Å². The van der Waals surface area contributed by atoms with Crippen molar-refractivity contribution in [2.45, 2.75) is 38.6 Å². The Bertz CT molecular complexity index is 481. The van der Waals surface area contributed by atoms with Crippen molar-refractivity contribution in [1.82, 2.24) is 9.97 Å². The molecule has 2 rings (SSSR count). The number of nitrogens with two attached hydrogens (primary N) is 1. The minimum absolute atomic E-state index is 0.0198. The standard InChI is InChI=1S/C13H20N4O3/c1-8-5-11(17-12(16-8)7-19-2)15-6-9-3-4-10(20-9)13(14)18/h5,9-10H,3-4,6-7H2,1-2H3,(H2,14,18)(H,15,16,17). The summed E-state index contributed by atoms with van der Waals surface area (Å²) in [5.74, 6) is 0.973. The van der Waals surface area contributed by atoms with E-state index in [4.69, 9.17) is 15.2 Å². The van der Waals surface area contributed by atoms with Crippen LogP contribution in [0.3, 0.4) is 0 Å². The summed E-state index contributed by atoms with van der Waals surface area (Å²) in [5, 5.41) is 3.20. The molecule has 0 saturated carbocycles. The van der Waals surface area contributed by atoms with E-state index >= 15 is 0 Å². The molecule has 110 valence electrons. The van der Waals surface area contributed by atoms with Crippen molar-refractivity contribution in [1.29, 1.82) is 0 Å². The first-order chi connectivity index (χ1) is 9.58. The Balaban J connectivity index is 1.89. The number of methoxy groups -OCH3 is 1. The highest BCUT2D eigenvalue weighted by molar-refractivity contribution is 5.79. The topological polar surface area (TPSA) is 99.4 Å². The monoisotopic (exact) mass is 280 g/mol. The highest BCUT2D eigenvalue weighted by Gasteiger charge is 2.28. The fraction of sp³-hybridized carbons (Fsp3) is 0.615. The van der Waals surface area contributed by atoms with Gasteiger partial charge in [0.05, 0.1) is 6.10 Å². The Labute approximate surface area is 117 Å². The Morgan fingerprint density at radius 1 is 1.55 bits per heavy atom. The molecule has 0 bridgehead atoms. The average molecular weight is 280 g/mol. The number of rotatable bonds is 6. The van der Waals surface area contributed by atoms with Gasteiger partial charge in [0, 0.05) is 25.4 Å². The first-order valence-corrected chi connectivity index (χ1v) is 6.60. The molecule has 3 N–H and O–H groups in total. The molecule has 0 spiro atoms. The van der Waals surface area contributed by atoms with Crippen LogP contribution in [-0.4, -0.2) is 41.7 Å². The molecule has 7 nitrogen and oxygen atoms in total. The zero-order valence-corrected chi connectivity index (χ0v) is 11.8. The van der Waals surface area contributed by atoms with Gasteiger partial charge in [-0.05, 0) is 19.8 Å². The van der Waals surface area contributed by atoms with Crippen molar-refractivity contribution < 1.29 is 14.3 Å². The van der Waals surface area contributed by atoms with Crippen LogP contribution in [0.25, 0.3) is 0 Å². The molecule has 2 unspecified atom stereocenters. The maximum Gasteiger partial charge on any atom is 0.246 e. The normalized spacial score (nSPS) is 21.9. The molecule has 0 radical (unpaired) electrons. The third-order valence-electron chi connectivity index (χ3n) is 3.11. The molecule has 20 heavy (non-hydrogen) atoms. The maximum atomic E-state index is 11.0. The fourth-order valence-electron chi connectivity index (χ4n) is 2.20. The number of aryl methyl sites for hydroxylation is 1. The second-order valence-electron chi connectivity index (χ2n) is 4.85. The lowest BCUT2D eigenvalue weighted by Gasteiger charge is -2.13. The smallest absolute Gasteiger partial charge is 0.246 e. The van der Waals surface area contributed by atoms with Gasteiger partial charge in [-0.25, -0.2) is 9.97 Å². The van der Waals surface area contributed by atoms with Crippen LogP contribution in [0, 0.1) is 6.92 Å². The number of hydrogen-bond acceptors (Lipinski definition) is 6. The van der Waals surface area contributed by atoms with Gasteiger partial charge < -0.3 is 20.5 Å². The van der Waals surface area contributed by atoms with E-state index in [1.807, 2.05) is 13.0 Å². The van der Waals surface area contributed by atoms with E-state index in [0.29, 0.717) is 25.4 Å². The summed E-state index contributed by atoms with van der Waals surface area (Å²) in [6.07, 6.45) is 1.02. The van der Waals surface area contributed by atoms with Crippen molar-refractivity contribution in [2.75, 3.05) is 19.0 Å². The second kappa shape index (κ2) is 6.62. The Morgan fingerprint density at radius 3 is 3.00 bits per heavy atom. The number of amides is 1. The molecule has 2 heterocycles. The highest BCUT2D eigenvalue weighted by Crippen LogP contribution is 2.19. The summed E-state index contributed by atoms with van der Waals surface area (Å²) in [6, 6.07) is 1.86. The van der Waals surface area contributed by atoms with Crippen molar-refractivity contribution in [3.05, 3.63) is 17.6 Å². The summed E-state index contributed by atoms with van der Waals surface area (Å²) in [7, 11) is 1.61. The molecule has 1 aliphatic rings. The van der Waals surface area contributed by atoms with E-state index in [1.165, 1.54) is 0 Å². The minimum Gasteiger partial charge on any atom is -0.377 e. The van der Waals surface area contributed by atoms with E-state index < -0.39 is 12.0 Å². The van der Waals surface area contributed by atoms with E-state index in [-0.39, 0.29) is 6.10 Å². The first-order valence-electron chi connectivity index (χ1n) is 6.60. The van der Waals surface area contributed by atoms with Gasteiger partial charge in [-0.15, -0.1) is 0 Å². The number of carbonyl (C=O) groups excluding carboxylic acids is 1. The fourth-order valence-corrected chi connectivity index (χ4v) is 2.20. The SMILES string of the molecule is COCc1nc(C)cc(NCC2CCC(C(N)=O)O2)n1. The number of carbonyl (C=O) groups is 1. The average Bonchev–Trinajstić information content (AvgIpc) is 2.85. The molecule has 0 aliphatic carbocycles. The lowest BCUT2D eigenvalue weighted by molar-refractivity contribution is -0.128. The Morgan fingerprint density at radius 2 is 2.35 bits per heavy atom. The van der Waals surface area contributed by atoms with E-state index in [9.17, 15) is 4.79 Å². The van der Waals surface area contributed by atoms with Crippen molar-refractivity contribution in [2.24, 2.45) is 5.73 Å². The number of primary amides is 1. The van der Waals surface area contributed by atoms with Crippen molar-refractivity contribution in [3.8, 4) is 0 Å². The van der Waals surface area contributed by atoms with Gasteiger partial charge in [0.1, 0.15) is 18.5 Å². The number of nitrogens with zero attached hydrogens (tertiary/aromatic N) is 2. The molecule has 1 aromatic heterocycles. The third kappa shape index (κ3) is 3.88. The van der Waals surface area contributed by atoms with Crippen LogP contribution in [0.4, 0.5) is 5.82 Å². The molecule has 1 aliphatic heterocycles. The van der Waals surface area contributed by atoms with Crippen LogP contribution >= 0.6 is 0 Å². The van der Waals surface area contributed by atoms with Gasteiger partial charge in [0.15, 0.2) is 5.82 Å². The molecule has 1 aromatic rings. The number of ether oxygens (including phenoxy) is 2. The van der Waals surface area contributed by atoms with Gasteiger partial charge in [-0.1, -0.05) is 0 Å². The predicted octanol–water partition coefficient (Wildman–Crippen LogP) is 0.376. The summed E-state index contributed by atoms with van der Waals surface area (Å²) in [6.45, 7) is 2.87. The summed E-state index contributed by atoms with van der Waals surface area (Å²) in [5.41, 5.74) is 6.09. The van der Waals surface area contributed by atoms with Gasteiger partial charge in [-0.3, -0.25) is 4.79 Å². The van der Waals surface area contributed by atoms with Crippen LogP contribution in [0.15, 0.2) is 6.07 Å². The van der Waals surface area contributed by atoms with E-state index in [1.54, 1.807) is 7.11 Å². The molecular formula is C13H20N4O3. The van der Waals surface area contributed by atoms with Crippen molar-refractivity contribution >= 4 is 11.7 Å². The molecule has 1 fully saturated rings. The van der Waals surface area contributed by atoms with E-state index in [2.05, 4.69) is 15.3 Å². The summed E-state index contributed by atoms with van der Waals surface area (Å²) >= 11 is 0. The lowest BCUT2D eigenvalue weighted by Crippen LogP contribution is -2.30. The third-order valence-corrected chi connectivity index (χ3v) is 3.11. The molecular weight excluding hydrogens is 260 g/mol. The zero-order chi connectivity index (χ0) is 14.5. The largest absolute Gasteiger partial charge is 0.377 e. The van der Waals surface area contributed by atoms with Crippen LogP contribution in [0.1, 0.15) is 24.4 Å². The Kier molecular flexibility index (Phi) is 4.86. The van der Waals surface area contributed by atoms with E-state index in [0.717, 1.165) is 17.9 Å². The lowest BCUT2D eigenvalue weighted by atomic mass is 10.2. The van der Waals surface area contributed by atoms with Crippen molar-refractivity contribution in [3.63, 3.8) is 0 Å². The molecule has 1 amide bonds. The minimum atomic E-state index is -0.460. The molecule has 2 atom stereocenters. The van der Waals surface area contributed by atoms with Gasteiger partial charge in [0.2, 0.25) is 5.91 Å². The van der Waals surface area contributed by atoms with Gasteiger partial charge >= 0.3 is 0 Å². The number of anilines is 1. The quantitative estimate of drug-likeness (QED) is 0.781. The van der Waals surface area contributed by atoms with Crippen LogP contribution in [0.2, 0.25) is 0 Å². The first kappa shape index (κ1) is 14.7. The summed E-state index contributed by atoms with van der Waals surface area (Å²) < 4.78 is 10.6. The summed E-state index contributed by atoms with van der Waals surface area (Å²) in [4.78, 5) is 19.6. The predicted molar refractivity (Wildman–Crippen MR) is 73.1 cm³/mol. The Hall–Kier alpha value is -1.73. The number of aromatic nitrogens is 2. The second-order valence-corrected chi connectivity index (χ2v) is 4.85. The van der Waals surface area contributed by atoms with Crippen LogP contribution in [-0.2, 0) is 20.9 Å². The molecule has 0 aromatic carbocycles. The van der Waals surface area contributed by atoms with Gasteiger partial charge in [-0.2, -0.15) is 0 Å². The molecule has 7 heteroatoms. The van der Waals surface area contributed by atoms with Gasteiger partial charge in [0.25, 0.3) is 0 Å².